The lowest BCUT2D eigenvalue weighted by Gasteiger charge is -2.30. The lowest BCUT2D eigenvalue weighted by atomic mass is 10.1. The fourth-order valence-corrected chi connectivity index (χ4v) is 2.21. The fourth-order valence-electron chi connectivity index (χ4n) is 2.08. The van der Waals surface area contributed by atoms with Crippen LogP contribution in [0.4, 0.5) is 0 Å². The smallest absolute Gasteiger partial charge is 0.0406 e. The van der Waals surface area contributed by atoms with Gasteiger partial charge in [0.15, 0.2) is 0 Å². The van der Waals surface area contributed by atoms with E-state index >= 15 is 0 Å². The summed E-state index contributed by atoms with van der Waals surface area (Å²) in [5.74, 6) is 0. The number of likely N-dealkylation sites (tertiary alicyclic amines) is 1. The lowest BCUT2D eigenvalue weighted by Crippen LogP contribution is -2.42. The van der Waals surface area contributed by atoms with Crippen LogP contribution in [0.5, 0.6) is 0 Å². The molecule has 15 heavy (non-hydrogen) atoms. The first-order chi connectivity index (χ1) is 7.24. The van der Waals surface area contributed by atoms with Crippen LogP contribution < -0.4 is 5.73 Å². The summed E-state index contributed by atoms with van der Waals surface area (Å²) < 4.78 is 0. The maximum atomic E-state index is 5.94. The number of rotatable bonds is 2. The van der Waals surface area contributed by atoms with E-state index in [9.17, 15) is 0 Å². The number of nitrogens with zero attached hydrogens (tertiary/aromatic N) is 1. The summed E-state index contributed by atoms with van der Waals surface area (Å²) in [7, 11) is 0. The molecule has 0 aliphatic carbocycles. The van der Waals surface area contributed by atoms with Gasteiger partial charge in [0, 0.05) is 24.2 Å². The molecule has 3 heteroatoms. The van der Waals surface area contributed by atoms with Crippen molar-refractivity contribution in [1.29, 1.82) is 0 Å². The van der Waals surface area contributed by atoms with Crippen LogP contribution >= 0.6 is 11.6 Å². The van der Waals surface area contributed by atoms with Crippen molar-refractivity contribution in [2.45, 2.75) is 25.4 Å². The minimum Gasteiger partial charge on any atom is -0.327 e. The summed E-state index contributed by atoms with van der Waals surface area (Å²) in [6.45, 7) is 3.17. The molecule has 2 rings (SSSR count). The molecular formula is C12H17ClN2. The standard InChI is InChI=1S/C12H17ClN2/c13-11-5-3-10(4-6-11)8-15-7-1-2-12(14)9-15/h3-6,12H,1-2,7-9,14H2/t12-/m0/s1. The summed E-state index contributed by atoms with van der Waals surface area (Å²) in [5, 5.41) is 0.800. The first kappa shape index (κ1) is 10.9. The van der Waals surface area contributed by atoms with Crippen LogP contribution in [0.25, 0.3) is 0 Å². The van der Waals surface area contributed by atoms with E-state index in [0.717, 1.165) is 31.1 Å². The van der Waals surface area contributed by atoms with Crippen molar-refractivity contribution < 1.29 is 0 Å². The van der Waals surface area contributed by atoms with E-state index in [1.807, 2.05) is 12.1 Å². The van der Waals surface area contributed by atoms with Crippen LogP contribution in [0.1, 0.15) is 18.4 Å². The van der Waals surface area contributed by atoms with Gasteiger partial charge >= 0.3 is 0 Å². The molecule has 1 aliphatic heterocycles. The molecule has 0 bridgehead atoms. The highest BCUT2D eigenvalue weighted by molar-refractivity contribution is 6.30. The maximum absolute atomic E-state index is 5.94. The van der Waals surface area contributed by atoms with Gasteiger partial charge in [-0.3, -0.25) is 4.90 Å². The zero-order chi connectivity index (χ0) is 10.7. The van der Waals surface area contributed by atoms with E-state index in [-0.39, 0.29) is 0 Å². The topological polar surface area (TPSA) is 29.3 Å². The predicted molar refractivity (Wildman–Crippen MR) is 63.9 cm³/mol. The molecule has 0 amide bonds. The molecule has 0 spiro atoms. The van der Waals surface area contributed by atoms with E-state index < -0.39 is 0 Å². The van der Waals surface area contributed by atoms with Crippen LogP contribution in [0.3, 0.4) is 0 Å². The monoisotopic (exact) mass is 224 g/mol. The first-order valence-corrected chi connectivity index (χ1v) is 5.84. The van der Waals surface area contributed by atoms with Crippen molar-refractivity contribution in [3.63, 3.8) is 0 Å². The lowest BCUT2D eigenvalue weighted by molar-refractivity contribution is 0.201. The SMILES string of the molecule is N[C@H]1CCCN(Cc2ccc(Cl)cc2)C1. The zero-order valence-electron chi connectivity index (χ0n) is 8.82. The van der Waals surface area contributed by atoms with Gasteiger partial charge in [0.2, 0.25) is 0 Å². The number of nitrogens with two attached hydrogens (primary N) is 1. The Bertz CT molecular complexity index is 310. The molecule has 0 saturated carbocycles. The Kier molecular flexibility index (Phi) is 3.62. The van der Waals surface area contributed by atoms with Gasteiger partial charge in [-0.2, -0.15) is 0 Å². The van der Waals surface area contributed by atoms with Crippen LogP contribution in [0, 0.1) is 0 Å². The molecule has 0 radical (unpaired) electrons. The molecule has 1 aromatic carbocycles. The van der Waals surface area contributed by atoms with Gasteiger partial charge in [-0.15, -0.1) is 0 Å². The minimum absolute atomic E-state index is 0.353. The van der Waals surface area contributed by atoms with Gasteiger partial charge in [-0.1, -0.05) is 23.7 Å². The highest BCUT2D eigenvalue weighted by Gasteiger charge is 2.16. The molecule has 1 heterocycles. The molecule has 1 aromatic rings. The number of hydrogen-bond donors (Lipinski definition) is 1. The fraction of sp³-hybridized carbons (Fsp3) is 0.500. The average Bonchev–Trinajstić information content (AvgIpc) is 2.22. The third-order valence-electron chi connectivity index (χ3n) is 2.86. The molecule has 2 N–H and O–H groups in total. The Morgan fingerprint density at radius 2 is 2.07 bits per heavy atom. The Labute approximate surface area is 96.0 Å². The summed E-state index contributed by atoms with van der Waals surface area (Å²) in [5.41, 5.74) is 7.25. The van der Waals surface area contributed by atoms with E-state index in [4.69, 9.17) is 17.3 Å². The maximum Gasteiger partial charge on any atom is 0.0406 e. The van der Waals surface area contributed by atoms with Gasteiger partial charge in [0.05, 0.1) is 0 Å². The predicted octanol–water partition coefficient (Wildman–Crippen LogP) is 2.26. The zero-order valence-corrected chi connectivity index (χ0v) is 9.58. The average molecular weight is 225 g/mol. The normalized spacial score (nSPS) is 22.9. The van der Waals surface area contributed by atoms with Crippen molar-refractivity contribution in [3.05, 3.63) is 34.9 Å². The molecule has 0 aromatic heterocycles. The van der Waals surface area contributed by atoms with E-state index in [1.54, 1.807) is 0 Å². The quantitative estimate of drug-likeness (QED) is 0.835. The Morgan fingerprint density at radius 1 is 1.33 bits per heavy atom. The van der Waals surface area contributed by atoms with E-state index in [1.165, 1.54) is 12.0 Å². The molecule has 0 unspecified atom stereocenters. The number of halogens is 1. The number of benzene rings is 1. The van der Waals surface area contributed by atoms with E-state index in [0.29, 0.717) is 6.04 Å². The van der Waals surface area contributed by atoms with Gasteiger partial charge in [-0.05, 0) is 37.1 Å². The summed E-state index contributed by atoms with van der Waals surface area (Å²) in [6, 6.07) is 8.41. The highest BCUT2D eigenvalue weighted by Crippen LogP contribution is 2.14. The van der Waals surface area contributed by atoms with Gasteiger partial charge in [0.25, 0.3) is 0 Å². The summed E-state index contributed by atoms with van der Waals surface area (Å²) in [4.78, 5) is 2.41. The Hall–Kier alpha value is -0.570. The number of piperidine rings is 1. The van der Waals surface area contributed by atoms with Gasteiger partial charge in [-0.25, -0.2) is 0 Å². The summed E-state index contributed by atoms with van der Waals surface area (Å²) in [6.07, 6.45) is 2.38. The van der Waals surface area contributed by atoms with Crippen molar-refractivity contribution in [2.24, 2.45) is 5.73 Å². The Balaban J connectivity index is 1.93. The van der Waals surface area contributed by atoms with E-state index in [2.05, 4.69) is 17.0 Å². The van der Waals surface area contributed by atoms with Crippen molar-refractivity contribution in [2.75, 3.05) is 13.1 Å². The van der Waals surface area contributed by atoms with Crippen LogP contribution in [0.15, 0.2) is 24.3 Å². The summed E-state index contributed by atoms with van der Waals surface area (Å²) >= 11 is 5.84. The molecule has 1 atom stereocenters. The second-order valence-corrected chi connectivity index (χ2v) is 4.70. The molecule has 1 saturated heterocycles. The largest absolute Gasteiger partial charge is 0.327 e. The van der Waals surface area contributed by atoms with Crippen LogP contribution in [-0.4, -0.2) is 24.0 Å². The molecule has 82 valence electrons. The molecular weight excluding hydrogens is 208 g/mol. The van der Waals surface area contributed by atoms with Crippen LogP contribution in [-0.2, 0) is 6.54 Å². The minimum atomic E-state index is 0.353. The Morgan fingerprint density at radius 3 is 2.73 bits per heavy atom. The van der Waals surface area contributed by atoms with Gasteiger partial charge < -0.3 is 5.73 Å². The second kappa shape index (κ2) is 4.97. The van der Waals surface area contributed by atoms with Crippen molar-refractivity contribution in [3.8, 4) is 0 Å². The number of hydrogen-bond acceptors (Lipinski definition) is 2. The molecule has 2 nitrogen and oxygen atoms in total. The first-order valence-electron chi connectivity index (χ1n) is 5.46. The van der Waals surface area contributed by atoms with Crippen LogP contribution in [0.2, 0.25) is 5.02 Å². The van der Waals surface area contributed by atoms with Crippen molar-refractivity contribution in [1.82, 2.24) is 4.90 Å². The third-order valence-corrected chi connectivity index (χ3v) is 3.11. The highest BCUT2D eigenvalue weighted by atomic mass is 35.5. The molecule has 1 fully saturated rings. The van der Waals surface area contributed by atoms with Crippen molar-refractivity contribution >= 4 is 11.6 Å². The van der Waals surface area contributed by atoms with Gasteiger partial charge in [0.1, 0.15) is 0 Å². The third kappa shape index (κ3) is 3.20. The second-order valence-electron chi connectivity index (χ2n) is 4.26. The molecule has 1 aliphatic rings.